The summed E-state index contributed by atoms with van der Waals surface area (Å²) in [6, 6.07) is 19.2. The van der Waals surface area contributed by atoms with Crippen molar-refractivity contribution in [1.29, 1.82) is 0 Å². The van der Waals surface area contributed by atoms with Crippen molar-refractivity contribution in [3.8, 4) is 21.7 Å². The molecule has 2 heterocycles. The number of rotatable bonds is 3. The van der Waals surface area contributed by atoms with Crippen LogP contribution in [0, 0.1) is 26.8 Å². The first-order valence-corrected chi connectivity index (χ1v) is 12.5. The molecule has 0 aliphatic rings. The van der Waals surface area contributed by atoms with Crippen LogP contribution in [0.25, 0.3) is 31.8 Å². The number of allylic oxidation sites excluding steroid dienone is 2. The number of thiophene rings is 1. The van der Waals surface area contributed by atoms with Crippen LogP contribution >= 0.6 is 11.3 Å². The number of fused-ring (bicyclic) bond motifs is 1. The Labute approximate surface area is 232 Å². The summed E-state index contributed by atoms with van der Waals surface area (Å²) < 4.78 is 1.27. The number of hydrogen-bond acceptors (Lipinski definition) is 4. The zero-order valence-electron chi connectivity index (χ0n) is 22.2. The molecular formula is C31H34IrNO2S-. The third-order valence-electron chi connectivity index (χ3n) is 5.47. The average Bonchev–Trinajstić information content (AvgIpc) is 3.15. The van der Waals surface area contributed by atoms with E-state index in [0.29, 0.717) is 0 Å². The van der Waals surface area contributed by atoms with Gasteiger partial charge in [-0.3, -0.25) is 4.79 Å². The number of ketones is 1. The minimum absolute atomic E-state index is 0. The monoisotopic (exact) mass is 677 g/mol. The maximum absolute atomic E-state index is 10.0. The van der Waals surface area contributed by atoms with Crippen LogP contribution in [0.15, 0.2) is 60.5 Å². The summed E-state index contributed by atoms with van der Waals surface area (Å²) in [4.78, 5) is 16.1. The Morgan fingerprint density at radius 2 is 1.61 bits per heavy atom. The number of aryl methyl sites for hydroxylation is 3. The molecule has 1 N–H and O–H groups in total. The van der Waals surface area contributed by atoms with Crippen molar-refractivity contribution in [3.05, 3.63) is 88.8 Å². The van der Waals surface area contributed by atoms with Crippen molar-refractivity contribution >= 4 is 27.2 Å². The largest absolute Gasteiger partial charge is 0.512 e. The van der Waals surface area contributed by atoms with Crippen LogP contribution in [-0.4, -0.2) is 15.9 Å². The van der Waals surface area contributed by atoms with Gasteiger partial charge in [-0.1, -0.05) is 63.1 Å². The maximum atomic E-state index is 10.0. The second-order valence-corrected chi connectivity index (χ2v) is 11.3. The van der Waals surface area contributed by atoms with Crippen molar-refractivity contribution in [2.45, 2.75) is 60.8 Å². The van der Waals surface area contributed by atoms with E-state index in [4.69, 9.17) is 10.1 Å². The van der Waals surface area contributed by atoms with E-state index >= 15 is 0 Å². The smallest absolute Gasteiger partial charge is 0.155 e. The topological polar surface area (TPSA) is 50.2 Å². The van der Waals surface area contributed by atoms with Gasteiger partial charge in [-0.15, -0.1) is 46.2 Å². The quantitative estimate of drug-likeness (QED) is 0.134. The average molecular weight is 677 g/mol. The normalized spacial score (nSPS) is 11.5. The molecule has 0 spiro atoms. The fraction of sp³-hybridized carbons (Fsp3) is 0.290. The molecule has 0 fully saturated rings. The first-order chi connectivity index (χ1) is 16.3. The molecular weight excluding hydrogens is 643 g/mol. The number of aromatic nitrogens is 1. The van der Waals surface area contributed by atoms with Crippen molar-refractivity contribution in [1.82, 2.24) is 4.98 Å². The minimum atomic E-state index is -0.125. The van der Waals surface area contributed by atoms with Gasteiger partial charge >= 0.3 is 0 Å². The molecule has 3 nitrogen and oxygen atoms in total. The van der Waals surface area contributed by atoms with Gasteiger partial charge in [0.2, 0.25) is 0 Å². The Morgan fingerprint density at radius 1 is 0.972 bits per heavy atom. The molecule has 0 atom stereocenters. The van der Waals surface area contributed by atoms with E-state index < -0.39 is 0 Å². The van der Waals surface area contributed by atoms with Gasteiger partial charge in [0.15, 0.2) is 5.78 Å². The van der Waals surface area contributed by atoms with Crippen LogP contribution in [-0.2, 0) is 30.3 Å². The van der Waals surface area contributed by atoms with Crippen molar-refractivity contribution < 1.29 is 30.0 Å². The maximum Gasteiger partial charge on any atom is 0.155 e. The summed E-state index contributed by atoms with van der Waals surface area (Å²) >= 11 is 1.84. The second kappa shape index (κ2) is 12.1. The van der Waals surface area contributed by atoms with E-state index in [1.54, 1.807) is 0 Å². The zero-order valence-corrected chi connectivity index (χ0v) is 25.5. The molecule has 191 valence electrons. The predicted molar refractivity (Wildman–Crippen MR) is 149 cm³/mol. The van der Waals surface area contributed by atoms with Gasteiger partial charge in [-0.2, -0.15) is 0 Å². The summed E-state index contributed by atoms with van der Waals surface area (Å²) in [5.41, 5.74) is 8.55. The van der Waals surface area contributed by atoms with Crippen LogP contribution < -0.4 is 0 Å². The standard InChI is InChI=1S/C26H26NS.C5H8O2.Ir/c1-16-7-17(2)10-20(9-16)24-13-21-15-27-23(14-25(21)28-24)19-8-18(3)11-22(12-19)26(4,5)6;1-4(6)3-5(2)7;/h7,9-15H,1-6H3;3,6H,1-2H3;/q-1;;/b;4-3-;. The van der Waals surface area contributed by atoms with Gasteiger partial charge in [0, 0.05) is 47.3 Å². The Balaban J connectivity index is 0.000000503. The van der Waals surface area contributed by atoms with Crippen LogP contribution in [0.5, 0.6) is 0 Å². The first kappa shape index (κ1) is 29.6. The molecule has 0 aliphatic carbocycles. The molecule has 5 heteroatoms. The van der Waals surface area contributed by atoms with E-state index in [9.17, 15) is 4.79 Å². The molecule has 2 aromatic heterocycles. The molecule has 4 aromatic rings. The third-order valence-corrected chi connectivity index (χ3v) is 6.61. The molecule has 4 rings (SSSR count). The predicted octanol–water partition coefficient (Wildman–Crippen LogP) is 8.69. The fourth-order valence-corrected chi connectivity index (χ4v) is 4.98. The number of aliphatic hydroxyl groups is 1. The molecule has 0 amide bonds. The minimum Gasteiger partial charge on any atom is -0.512 e. The Morgan fingerprint density at radius 3 is 2.14 bits per heavy atom. The second-order valence-electron chi connectivity index (χ2n) is 10.2. The van der Waals surface area contributed by atoms with Crippen molar-refractivity contribution in [3.63, 3.8) is 0 Å². The number of carbonyl (C=O) groups is 1. The Hall–Kier alpha value is -2.59. The van der Waals surface area contributed by atoms with E-state index in [0.717, 1.165) is 16.8 Å². The van der Waals surface area contributed by atoms with Gasteiger partial charge in [0.1, 0.15) is 0 Å². The summed E-state index contributed by atoms with van der Waals surface area (Å²) in [6.45, 7) is 16.0. The summed E-state index contributed by atoms with van der Waals surface area (Å²) in [5, 5.41) is 9.56. The van der Waals surface area contributed by atoms with Crippen LogP contribution in [0.4, 0.5) is 0 Å². The molecule has 36 heavy (non-hydrogen) atoms. The first-order valence-electron chi connectivity index (χ1n) is 11.7. The van der Waals surface area contributed by atoms with Gasteiger partial charge in [0.05, 0.1) is 5.76 Å². The van der Waals surface area contributed by atoms with Crippen LogP contribution in [0.3, 0.4) is 0 Å². The third kappa shape index (κ3) is 7.96. The summed E-state index contributed by atoms with van der Waals surface area (Å²) in [5.74, 6) is -0.0625. The summed E-state index contributed by atoms with van der Waals surface area (Å²) in [6.07, 6.45) is 3.17. The molecule has 0 unspecified atom stereocenters. The molecule has 2 aromatic carbocycles. The number of hydrogen-bond donors (Lipinski definition) is 1. The van der Waals surface area contributed by atoms with Crippen LogP contribution in [0.1, 0.15) is 56.9 Å². The van der Waals surface area contributed by atoms with E-state index in [2.05, 4.69) is 90.1 Å². The Kier molecular flexibility index (Phi) is 9.96. The van der Waals surface area contributed by atoms with E-state index in [1.165, 1.54) is 57.1 Å². The van der Waals surface area contributed by atoms with Gasteiger partial charge in [-0.25, -0.2) is 0 Å². The van der Waals surface area contributed by atoms with Gasteiger partial charge < -0.3 is 10.1 Å². The van der Waals surface area contributed by atoms with Crippen LogP contribution in [0.2, 0.25) is 0 Å². The Bertz CT molecular complexity index is 1390. The summed E-state index contributed by atoms with van der Waals surface area (Å²) in [7, 11) is 0. The molecule has 0 saturated heterocycles. The molecule has 0 bridgehead atoms. The molecule has 0 aliphatic heterocycles. The SMILES string of the molecule is CC(=O)/C=C(/C)O.Cc1[c-]c(-c2cc3sc(-c4cc(C)cc(C)c4)cc3cn2)cc(C(C)(C)C)c1.[Ir]. The molecule has 0 saturated carbocycles. The number of benzene rings is 2. The fourth-order valence-electron chi connectivity index (χ4n) is 3.92. The van der Waals surface area contributed by atoms with Crippen molar-refractivity contribution in [2.75, 3.05) is 0 Å². The van der Waals surface area contributed by atoms with Gasteiger partial charge in [-0.05, 0) is 50.4 Å². The van der Waals surface area contributed by atoms with E-state index in [1.807, 2.05) is 17.5 Å². The number of nitrogens with zero attached hydrogens (tertiary/aromatic N) is 1. The van der Waals surface area contributed by atoms with Crippen molar-refractivity contribution in [2.24, 2.45) is 0 Å². The number of pyridine rings is 1. The van der Waals surface area contributed by atoms with E-state index in [-0.39, 0.29) is 37.1 Å². The number of aliphatic hydroxyl groups excluding tert-OH is 1. The number of carbonyl (C=O) groups excluding carboxylic acids is 1. The zero-order chi connectivity index (χ0) is 25.9. The molecule has 1 radical (unpaired) electrons. The van der Waals surface area contributed by atoms with Gasteiger partial charge in [0.25, 0.3) is 0 Å².